The van der Waals surface area contributed by atoms with Crippen molar-refractivity contribution in [1.29, 1.82) is 0 Å². The van der Waals surface area contributed by atoms with Crippen LogP contribution in [0.5, 0.6) is 11.5 Å². The topological polar surface area (TPSA) is 93.1 Å². The molecule has 0 spiro atoms. The molecule has 0 fully saturated rings. The first kappa shape index (κ1) is 12.8. The van der Waals surface area contributed by atoms with Crippen molar-refractivity contribution in [3.8, 4) is 11.5 Å². The van der Waals surface area contributed by atoms with Gasteiger partial charge in [-0.2, -0.15) is 0 Å². The van der Waals surface area contributed by atoms with Gasteiger partial charge in [-0.25, -0.2) is 4.79 Å². The zero-order chi connectivity index (χ0) is 13.0. The summed E-state index contributed by atoms with van der Waals surface area (Å²) >= 11 is 0. The van der Waals surface area contributed by atoms with Crippen LogP contribution < -0.4 is 4.74 Å². The lowest BCUT2D eigenvalue weighted by Gasteiger charge is -2.14. The summed E-state index contributed by atoms with van der Waals surface area (Å²) in [6, 6.07) is 3.92. The van der Waals surface area contributed by atoms with Crippen molar-refractivity contribution in [2.75, 3.05) is 7.11 Å². The number of carboxylic acids is 1. The van der Waals surface area contributed by atoms with E-state index in [-0.39, 0.29) is 17.1 Å². The van der Waals surface area contributed by atoms with Crippen LogP contribution in [0.15, 0.2) is 18.2 Å². The fraction of sp³-hybridized carbons (Fsp3) is 0.273. The molecule has 1 atom stereocenters. The molecule has 0 aliphatic rings. The summed E-state index contributed by atoms with van der Waals surface area (Å²) < 4.78 is 9.50. The lowest BCUT2D eigenvalue weighted by atomic mass is 10.1. The Balaban J connectivity index is 3.10. The Hall–Kier alpha value is -2.24. The molecule has 0 aromatic heterocycles. The first-order valence-corrected chi connectivity index (χ1v) is 4.72. The zero-order valence-electron chi connectivity index (χ0n) is 9.34. The number of phenols is 1. The van der Waals surface area contributed by atoms with Crippen LogP contribution in [-0.4, -0.2) is 29.3 Å². The van der Waals surface area contributed by atoms with E-state index in [4.69, 9.17) is 9.84 Å². The van der Waals surface area contributed by atoms with Crippen LogP contribution in [0.2, 0.25) is 0 Å². The standard InChI is InChI=1S/C11H12O6/c1-6(12)17-10(11(14)15)7-3-4-8(13)9(5-7)16-2/h3-5,10,13H,1-2H3,(H,14,15). The van der Waals surface area contributed by atoms with E-state index < -0.39 is 18.0 Å². The van der Waals surface area contributed by atoms with Crippen molar-refractivity contribution in [2.45, 2.75) is 13.0 Å². The monoisotopic (exact) mass is 240 g/mol. The quantitative estimate of drug-likeness (QED) is 0.765. The number of rotatable bonds is 4. The van der Waals surface area contributed by atoms with Crippen molar-refractivity contribution in [3.05, 3.63) is 23.8 Å². The van der Waals surface area contributed by atoms with Gasteiger partial charge in [0.1, 0.15) is 0 Å². The van der Waals surface area contributed by atoms with E-state index in [0.29, 0.717) is 0 Å². The lowest BCUT2D eigenvalue weighted by molar-refractivity contribution is -0.163. The van der Waals surface area contributed by atoms with Crippen LogP contribution in [0.4, 0.5) is 0 Å². The maximum Gasteiger partial charge on any atom is 0.349 e. The Kier molecular flexibility index (Phi) is 3.92. The van der Waals surface area contributed by atoms with Crippen molar-refractivity contribution in [1.82, 2.24) is 0 Å². The smallest absolute Gasteiger partial charge is 0.349 e. The summed E-state index contributed by atoms with van der Waals surface area (Å²) in [6.45, 7) is 1.12. The van der Waals surface area contributed by atoms with Crippen LogP contribution in [0.1, 0.15) is 18.6 Å². The van der Waals surface area contributed by atoms with Crippen molar-refractivity contribution in [2.24, 2.45) is 0 Å². The summed E-state index contributed by atoms with van der Waals surface area (Å²) in [5.41, 5.74) is 0.211. The highest BCUT2D eigenvalue weighted by Crippen LogP contribution is 2.30. The number of methoxy groups -OCH3 is 1. The second kappa shape index (κ2) is 5.20. The van der Waals surface area contributed by atoms with Gasteiger partial charge >= 0.3 is 11.9 Å². The maximum absolute atomic E-state index is 10.9. The molecule has 0 aliphatic carbocycles. The van der Waals surface area contributed by atoms with Crippen LogP contribution in [-0.2, 0) is 14.3 Å². The molecular weight excluding hydrogens is 228 g/mol. The highest BCUT2D eigenvalue weighted by molar-refractivity contribution is 5.78. The van der Waals surface area contributed by atoms with Gasteiger partial charge in [0.15, 0.2) is 11.5 Å². The average Bonchev–Trinajstić information content (AvgIpc) is 2.26. The molecule has 1 aromatic carbocycles. The number of esters is 1. The molecule has 6 nitrogen and oxygen atoms in total. The number of phenolic OH excluding ortho intramolecular Hbond substituents is 1. The molecule has 1 rings (SSSR count). The number of aromatic hydroxyl groups is 1. The SMILES string of the molecule is COc1cc(C(OC(C)=O)C(=O)O)ccc1O. The normalized spacial score (nSPS) is 11.6. The number of carbonyl (C=O) groups excluding carboxylic acids is 1. The predicted molar refractivity (Wildman–Crippen MR) is 56.8 cm³/mol. The Morgan fingerprint density at radius 1 is 1.35 bits per heavy atom. The van der Waals surface area contributed by atoms with E-state index in [0.717, 1.165) is 6.92 Å². The van der Waals surface area contributed by atoms with Gasteiger partial charge < -0.3 is 19.7 Å². The first-order chi connectivity index (χ1) is 7.95. The van der Waals surface area contributed by atoms with Crippen LogP contribution >= 0.6 is 0 Å². The van der Waals surface area contributed by atoms with Gasteiger partial charge in [0.05, 0.1) is 7.11 Å². The van der Waals surface area contributed by atoms with Gasteiger partial charge in [-0.05, 0) is 12.1 Å². The van der Waals surface area contributed by atoms with Gasteiger partial charge in [-0.15, -0.1) is 0 Å². The molecule has 0 heterocycles. The Bertz CT molecular complexity index is 440. The molecule has 1 aromatic rings. The molecule has 0 bridgehead atoms. The van der Waals surface area contributed by atoms with Gasteiger partial charge in [0, 0.05) is 12.5 Å². The van der Waals surface area contributed by atoms with E-state index in [1.807, 2.05) is 0 Å². The average molecular weight is 240 g/mol. The summed E-state index contributed by atoms with van der Waals surface area (Å²) in [7, 11) is 1.33. The molecule has 0 amide bonds. The number of carbonyl (C=O) groups is 2. The van der Waals surface area contributed by atoms with Gasteiger partial charge in [-0.1, -0.05) is 6.07 Å². The van der Waals surface area contributed by atoms with E-state index in [9.17, 15) is 14.7 Å². The molecule has 0 saturated heterocycles. The number of benzene rings is 1. The number of aliphatic carboxylic acids is 1. The maximum atomic E-state index is 10.9. The van der Waals surface area contributed by atoms with E-state index in [2.05, 4.69) is 4.74 Å². The molecule has 0 radical (unpaired) electrons. The second-order valence-corrected chi connectivity index (χ2v) is 3.26. The highest BCUT2D eigenvalue weighted by Gasteiger charge is 2.24. The van der Waals surface area contributed by atoms with Crippen molar-refractivity contribution in [3.63, 3.8) is 0 Å². The molecule has 17 heavy (non-hydrogen) atoms. The van der Waals surface area contributed by atoms with Crippen LogP contribution in [0.25, 0.3) is 0 Å². The van der Waals surface area contributed by atoms with Crippen LogP contribution in [0, 0.1) is 0 Å². The molecule has 2 N–H and O–H groups in total. The van der Waals surface area contributed by atoms with Crippen molar-refractivity contribution >= 4 is 11.9 Å². The minimum atomic E-state index is -1.41. The van der Waals surface area contributed by atoms with Gasteiger partial charge in [0.2, 0.25) is 6.10 Å². The van der Waals surface area contributed by atoms with E-state index in [1.165, 1.54) is 25.3 Å². The summed E-state index contributed by atoms with van der Waals surface area (Å²) in [4.78, 5) is 21.7. The summed E-state index contributed by atoms with van der Waals surface area (Å²) in [6.07, 6.45) is -1.41. The third-order valence-corrected chi connectivity index (χ3v) is 2.01. The van der Waals surface area contributed by atoms with E-state index >= 15 is 0 Å². The highest BCUT2D eigenvalue weighted by atomic mass is 16.6. The molecular formula is C11H12O6. The number of ether oxygens (including phenoxy) is 2. The van der Waals surface area contributed by atoms with E-state index in [1.54, 1.807) is 0 Å². The summed E-state index contributed by atoms with van der Waals surface area (Å²) in [5.74, 6) is -2.01. The molecule has 6 heteroatoms. The number of hydrogen-bond acceptors (Lipinski definition) is 5. The number of hydrogen-bond donors (Lipinski definition) is 2. The lowest BCUT2D eigenvalue weighted by Crippen LogP contribution is -2.17. The molecule has 92 valence electrons. The fourth-order valence-corrected chi connectivity index (χ4v) is 1.28. The number of carboxylic acid groups (broad SMARTS) is 1. The van der Waals surface area contributed by atoms with Gasteiger partial charge in [0.25, 0.3) is 0 Å². The summed E-state index contributed by atoms with van der Waals surface area (Å²) in [5, 5.41) is 18.3. The zero-order valence-corrected chi connectivity index (χ0v) is 9.34. The minimum Gasteiger partial charge on any atom is -0.504 e. The Morgan fingerprint density at radius 2 is 2.00 bits per heavy atom. The van der Waals surface area contributed by atoms with Crippen molar-refractivity contribution < 1.29 is 29.3 Å². The molecule has 1 unspecified atom stereocenters. The minimum absolute atomic E-state index is 0.112. The third kappa shape index (κ3) is 3.10. The van der Waals surface area contributed by atoms with Crippen LogP contribution in [0.3, 0.4) is 0 Å². The molecule has 0 aliphatic heterocycles. The Labute approximate surface area is 97.4 Å². The Morgan fingerprint density at radius 3 is 2.47 bits per heavy atom. The largest absolute Gasteiger partial charge is 0.504 e. The molecule has 0 saturated carbocycles. The fourth-order valence-electron chi connectivity index (χ4n) is 1.28. The van der Waals surface area contributed by atoms with Gasteiger partial charge in [-0.3, -0.25) is 4.79 Å². The third-order valence-electron chi connectivity index (χ3n) is 2.01. The second-order valence-electron chi connectivity index (χ2n) is 3.26. The first-order valence-electron chi connectivity index (χ1n) is 4.72. The predicted octanol–water partition coefficient (Wildman–Crippen LogP) is 1.09.